The van der Waals surface area contributed by atoms with Crippen LogP contribution in [-0.2, 0) is 0 Å². The molecule has 1 aromatic heterocycles. The van der Waals surface area contributed by atoms with E-state index in [0.717, 1.165) is 78.2 Å². The molecule has 0 unspecified atom stereocenters. The summed E-state index contributed by atoms with van der Waals surface area (Å²) in [7, 11) is 0. The number of aromatic nitrogens is 2. The number of nitrogens with zero attached hydrogens (tertiary/aromatic N) is 4. The molecule has 0 amide bonds. The van der Waals surface area contributed by atoms with Crippen molar-refractivity contribution in [2.24, 2.45) is 0 Å². The third-order valence-electron chi connectivity index (χ3n) is 9.52. The molecule has 8 aromatic carbocycles. The first-order valence-electron chi connectivity index (χ1n) is 17.5. The van der Waals surface area contributed by atoms with E-state index in [4.69, 9.17) is 9.97 Å². The van der Waals surface area contributed by atoms with Crippen LogP contribution in [0.5, 0.6) is 0 Å². The quantitative estimate of drug-likeness (QED) is 0.151. The predicted molar refractivity (Wildman–Crippen MR) is 217 cm³/mol. The van der Waals surface area contributed by atoms with E-state index < -0.39 is 0 Å². The van der Waals surface area contributed by atoms with Gasteiger partial charge in [-0.3, -0.25) is 9.97 Å². The van der Waals surface area contributed by atoms with E-state index >= 15 is 0 Å². The van der Waals surface area contributed by atoms with E-state index in [1.807, 2.05) is 0 Å². The smallest absolute Gasteiger partial charge is 0.0977 e. The molecule has 52 heavy (non-hydrogen) atoms. The highest BCUT2D eigenvalue weighted by Gasteiger charge is 2.20. The third kappa shape index (κ3) is 5.72. The lowest BCUT2D eigenvalue weighted by atomic mass is 9.89. The molecule has 0 fully saturated rings. The Labute approximate surface area is 303 Å². The average Bonchev–Trinajstić information content (AvgIpc) is 3.22. The number of benzene rings is 8. The Hall–Kier alpha value is -7.04. The van der Waals surface area contributed by atoms with Gasteiger partial charge in [0.05, 0.1) is 11.0 Å². The van der Waals surface area contributed by atoms with Crippen molar-refractivity contribution in [3.8, 4) is 22.3 Å². The first-order chi connectivity index (χ1) is 25.8. The third-order valence-corrected chi connectivity index (χ3v) is 9.52. The second-order valence-electron chi connectivity index (χ2n) is 12.7. The number of anilines is 6. The van der Waals surface area contributed by atoms with Crippen LogP contribution in [-0.4, -0.2) is 9.97 Å². The molecular weight excluding hydrogens is 633 g/mol. The highest BCUT2D eigenvalue weighted by atomic mass is 15.1. The largest absolute Gasteiger partial charge is 0.311 e. The molecule has 1 heterocycles. The Morgan fingerprint density at radius 2 is 0.538 bits per heavy atom. The van der Waals surface area contributed by atoms with Crippen LogP contribution in [0.2, 0.25) is 0 Å². The first kappa shape index (κ1) is 31.0. The molecule has 4 nitrogen and oxygen atoms in total. The van der Waals surface area contributed by atoms with Gasteiger partial charge in [0.2, 0.25) is 0 Å². The highest BCUT2D eigenvalue weighted by Crippen LogP contribution is 2.44. The molecule has 0 aliphatic carbocycles. The van der Waals surface area contributed by atoms with Gasteiger partial charge in [-0.05, 0) is 94.7 Å². The van der Waals surface area contributed by atoms with Gasteiger partial charge in [-0.15, -0.1) is 0 Å². The van der Waals surface area contributed by atoms with Gasteiger partial charge in [-0.2, -0.15) is 0 Å². The van der Waals surface area contributed by atoms with Crippen LogP contribution in [0.4, 0.5) is 34.1 Å². The van der Waals surface area contributed by atoms with E-state index in [2.05, 4.69) is 204 Å². The summed E-state index contributed by atoms with van der Waals surface area (Å²) in [5, 5.41) is 2.28. The summed E-state index contributed by atoms with van der Waals surface area (Å²) in [6.07, 6.45) is 3.60. The van der Waals surface area contributed by atoms with Crippen molar-refractivity contribution < 1.29 is 0 Å². The van der Waals surface area contributed by atoms with Crippen LogP contribution in [0.1, 0.15) is 0 Å². The minimum Gasteiger partial charge on any atom is -0.311 e. The molecule has 0 N–H and O–H groups in total. The first-order valence-corrected chi connectivity index (χ1v) is 17.5. The minimum atomic E-state index is 0.881. The monoisotopic (exact) mass is 666 g/mol. The van der Waals surface area contributed by atoms with Gasteiger partial charge >= 0.3 is 0 Å². The molecular formula is C48H34N4. The van der Waals surface area contributed by atoms with E-state index in [-0.39, 0.29) is 0 Å². The lowest BCUT2D eigenvalue weighted by Gasteiger charge is -2.26. The molecule has 4 heteroatoms. The number of para-hydroxylation sites is 4. The van der Waals surface area contributed by atoms with Crippen LogP contribution in [0.3, 0.4) is 0 Å². The molecule has 0 saturated carbocycles. The van der Waals surface area contributed by atoms with Crippen molar-refractivity contribution in [1.82, 2.24) is 9.97 Å². The SMILES string of the molecule is c1ccc(N(c2ccccc2)c2ccc(-c3c4ccccc4c(-c4ccc(N(c5ccccc5)c5ccccc5)cc4)c4nccnc34)cc2)cc1. The number of fused-ring (bicyclic) bond motifs is 2. The lowest BCUT2D eigenvalue weighted by molar-refractivity contribution is 1.28. The van der Waals surface area contributed by atoms with Crippen LogP contribution < -0.4 is 9.80 Å². The van der Waals surface area contributed by atoms with Gasteiger partial charge in [-0.1, -0.05) is 121 Å². The maximum Gasteiger partial charge on any atom is 0.0977 e. The fourth-order valence-corrected chi connectivity index (χ4v) is 7.22. The summed E-state index contributed by atoms with van der Waals surface area (Å²) in [5.74, 6) is 0. The molecule has 0 bridgehead atoms. The number of hydrogen-bond donors (Lipinski definition) is 0. The van der Waals surface area contributed by atoms with E-state index in [0.29, 0.717) is 0 Å². The van der Waals surface area contributed by atoms with Crippen LogP contribution in [0.25, 0.3) is 44.1 Å². The number of rotatable bonds is 8. The summed E-state index contributed by atoms with van der Waals surface area (Å²) in [6.45, 7) is 0. The second-order valence-corrected chi connectivity index (χ2v) is 12.7. The zero-order chi connectivity index (χ0) is 34.7. The van der Waals surface area contributed by atoms with Gasteiger partial charge in [0.25, 0.3) is 0 Å². The van der Waals surface area contributed by atoms with Gasteiger partial charge in [0, 0.05) is 57.6 Å². The highest BCUT2D eigenvalue weighted by molar-refractivity contribution is 6.19. The predicted octanol–water partition coefficient (Wildman–Crippen LogP) is 13.1. The maximum atomic E-state index is 4.99. The Morgan fingerprint density at radius 3 is 0.846 bits per heavy atom. The van der Waals surface area contributed by atoms with Crippen molar-refractivity contribution in [3.05, 3.63) is 207 Å². The second kappa shape index (κ2) is 13.7. The van der Waals surface area contributed by atoms with E-state index in [1.54, 1.807) is 12.4 Å². The summed E-state index contributed by atoms with van der Waals surface area (Å²) in [5.41, 5.74) is 12.7. The Bertz CT molecular complexity index is 2270. The number of hydrogen-bond acceptors (Lipinski definition) is 4. The minimum absolute atomic E-state index is 0.881. The molecule has 9 rings (SSSR count). The summed E-state index contributed by atoms with van der Waals surface area (Å²) in [4.78, 5) is 14.5. The van der Waals surface area contributed by atoms with Crippen molar-refractivity contribution in [3.63, 3.8) is 0 Å². The molecule has 9 aromatic rings. The lowest BCUT2D eigenvalue weighted by Crippen LogP contribution is -2.09. The standard InChI is InChI=1S/C48H34N4/c1-5-15-37(16-6-1)51(38-17-7-2-8-18-38)41-29-25-35(26-30-41)45-43-23-13-14-24-44(43)46(48-47(45)49-33-34-50-48)36-27-31-42(32-28-36)52(39-19-9-3-10-20-39)40-21-11-4-12-22-40/h1-34H. The van der Waals surface area contributed by atoms with Crippen molar-refractivity contribution in [2.45, 2.75) is 0 Å². The van der Waals surface area contributed by atoms with Gasteiger partial charge in [0.1, 0.15) is 0 Å². The normalized spacial score (nSPS) is 11.1. The van der Waals surface area contributed by atoms with Gasteiger partial charge in [-0.25, -0.2) is 0 Å². The van der Waals surface area contributed by atoms with E-state index in [9.17, 15) is 0 Å². The van der Waals surface area contributed by atoms with Crippen LogP contribution >= 0.6 is 0 Å². The topological polar surface area (TPSA) is 32.3 Å². The molecule has 0 aliphatic rings. The van der Waals surface area contributed by atoms with Crippen molar-refractivity contribution in [1.29, 1.82) is 0 Å². The van der Waals surface area contributed by atoms with Gasteiger partial charge < -0.3 is 9.80 Å². The van der Waals surface area contributed by atoms with Gasteiger partial charge in [0.15, 0.2) is 0 Å². The zero-order valence-corrected chi connectivity index (χ0v) is 28.4. The maximum absolute atomic E-state index is 4.99. The molecule has 0 radical (unpaired) electrons. The molecule has 246 valence electrons. The van der Waals surface area contributed by atoms with Crippen molar-refractivity contribution >= 4 is 55.9 Å². The molecule has 0 saturated heterocycles. The van der Waals surface area contributed by atoms with Crippen LogP contribution in [0, 0.1) is 0 Å². The molecule has 0 aliphatic heterocycles. The molecule has 0 spiro atoms. The van der Waals surface area contributed by atoms with E-state index in [1.165, 1.54) is 0 Å². The average molecular weight is 667 g/mol. The fraction of sp³-hybridized carbons (Fsp3) is 0. The fourth-order valence-electron chi connectivity index (χ4n) is 7.22. The summed E-state index contributed by atoms with van der Waals surface area (Å²) in [6, 6.07) is 68.2. The Kier molecular flexibility index (Phi) is 8.16. The summed E-state index contributed by atoms with van der Waals surface area (Å²) < 4.78 is 0. The van der Waals surface area contributed by atoms with Crippen LogP contribution in [0.15, 0.2) is 207 Å². The Morgan fingerprint density at radius 1 is 0.269 bits per heavy atom. The van der Waals surface area contributed by atoms with Crippen molar-refractivity contribution in [2.75, 3.05) is 9.80 Å². The summed E-state index contributed by atoms with van der Waals surface area (Å²) >= 11 is 0. The molecule has 0 atom stereocenters. The zero-order valence-electron chi connectivity index (χ0n) is 28.4. The Balaban J connectivity index is 1.16.